The van der Waals surface area contributed by atoms with Gasteiger partial charge in [0.2, 0.25) is 5.95 Å². The lowest BCUT2D eigenvalue weighted by molar-refractivity contribution is -0.385. The maximum Gasteiger partial charge on any atom is 0.339 e. The van der Waals surface area contributed by atoms with Crippen LogP contribution in [0.2, 0.25) is 0 Å². The lowest BCUT2D eigenvalue weighted by Gasteiger charge is -2.19. The molecule has 6 aromatic rings. The summed E-state index contributed by atoms with van der Waals surface area (Å²) in [5.74, 6) is -0.610. The van der Waals surface area contributed by atoms with Crippen molar-refractivity contribution in [3.05, 3.63) is 146 Å². The molecule has 1 saturated heterocycles. The van der Waals surface area contributed by atoms with Crippen molar-refractivity contribution in [3.8, 4) is 16.9 Å². The molecule has 0 spiro atoms. The molecule has 5 N–H and O–H groups in total. The Bertz CT molecular complexity index is 2340. The highest BCUT2D eigenvalue weighted by Crippen LogP contribution is 2.39. The molecule has 0 unspecified atom stereocenters. The molecular formula is C38H34N6O10S. The second kappa shape index (κ2) is 16.1. The van der Waals surface area contributed by atoms with Gasteiger partial charge in [-0.25, -0.2) is 9.78 Å². The number of hydrogen-bond donors (Lipinski definition) is 4. The highest BCUT2D eigenvalue weighted by molar-refractivity contribution is 7.95. The number of rotatable bonds is 13. The Morgan fingerprint density at radius 1 is 1.04 bits per heavy atom. The predicted octanol–water partition coefficient (Wildman–Crippen LogP) is 4.72. The molecule has 0 saturated carbocycles. The van der Waals surface area contributed by atoms with Crippen molar-refractivity contribution in [1.29, 1.82) is 0 Å². The number of aromatic amines is 1. The van der Waals surface area contributed by atoms with Gasteiger partial charge in [-0.1, -0.05) is 72.8 Å². The number of nitro benzene ring substituents is 1. The topological polar surface area (TPSA) is 227 Å². The molecule has 17 heteroatoms. The van der Waals surface area contributed by atoms with Crippen LogP contribution in [0.1, 0.15) is 38.5 Å². The monoisotopic (exact) mass is 766 g/mol. The van der Waals surface area contributed by atoms with Crippen LogP contribution < -0.4 is 16.0 Å². The van der Waals surface area contributed by atoms with E-state index in [0.717, 1.165) is 17.2 Å². The lowest BCUT2D eigenvalue weighted by atomic mass is 9.93. The molecule has 4 atom stereocenters. The van der Waals surface area contributed by atoms with Gasteiger partial charge in [-0.2, -0.15) is 4.98 Å². The second-order valence-electron chi connectivity index (χ2n) is 12.5. The number of carbonyl (C=O) groups is 1. The summed E-state index contributed by atoms with van der Waals surface area (Å²) >= 11 is 1.18. The van der Waals surface area contributed by atoms with Crippen molar-refractivity contribution < 1.29 is 38.3 Å². The van der Waals surface area contributed by atoms with Crippen molar-refractivity contribution in [2.24, 2.45) is 0 Å². The zero-order valence-corrected chi connectivity index (χ0v) is 29.9. The molecule has 1 aliphatic rings. The number of hydrogen-bond acceptors (Lipinski definition) is 14. The number of carbonyl (C=O) groups excluding carboxylic acids is 1. The number of aliphatic hydroxyl groups excluding tert-OH is 2. The molecule has 2 aromatic heterocycles. The molecule has 7 rings (SSSR count). The number of non-ortho nitro benzene ring substituents is 1. The molecule has 0 bridgehead atoms. The van der Waals surface area contributed by atoms with E-state index in [1.165, 1.54) is 36.1 Å². The number of nitrogens with two attached hydrogens (primary N) is 1. The van der Waals surface area contributed by atoms with E-state index in [9.17, 15) is 29.9 Å². The van der Waals surface area contributed by atoms with Crippen LogP contribution in [0.4, 0.5) is 11.6 Å². The third-order valence-corrected chi connectivity index (χ3v) is 10.0. The molecule has 0 aliphatic carbocycles. The Labute approximate surface area is 316 Å². The highest BCUT2D eigenvalue weighted by Gasteiger charge is 2.45. The summed E-state index contributed by atoms with van der Waals surface area (Å²) < 4.78 is 24.3. The number of esters is 1. The van der Waals surface area contributed by atoms with Crippen molar-refractivity contribution in [1.82, 2.24) is 19.5 Å². The third-order valence-electron chi connectivity index (χ3n) is 9.04. The summed E-state index contributed by atoms with van der Waals surface area (Å²) in [6.45, 7) is -0.693. The molecular weight excluding hydrogens is 733 g/mol. The molecule has 282 valence electrons. The van der Waals surface area contributed by atoms with Crippen molar-refractivity contribution >= 4 is 40.8 Å². The fraction of sp³-hybridized carbons (Fsp3) is 0.211. The van der Waals surface area contributed by atoms with Gasteiger partial charge >= 0.3 is 5.97 Å². The van der Waals surface area contributed by atoms with Gasteiger partial charge in [-0.05, 0) is 34.4 Å². The van der Waals surface area contributed by atoms with E-state index in [1.807, 2.05) is 60.7 Å². The molecule has 0 radical (unpaired) electrons. The number of nitrogen functional groups attached to an aromatic ring is 1. The summed E-state index contributed by atoms with van der Waals surface area (Å²) in [4.78, 5) is 48.2. The van der Waals surface area contributed by atoms with Crippen LogP contribution in [-0.2, 0) is 20.3 Å². The number of aliphatic hydroxyl groups is 2. The van der Waals surface area contributed by atoms with Gasteiger partial charge in [0.25, 0.3) is 11.2 Å². The summed E-state index contributed by atoms with van der Waals surface area (Å²) in [5.41, 5.74) is 7.64. The van der Waals surface area contributed by atoms with Gasteiger partial charge in [0.15, 0.2) is 17.4 Å². The van der Waals surface area contributed by atoms with Crippen LogP contribution in [-0.4, -0.2) is 72.7 Å². The number of aromatic nitrogens is 4. The first-order chi connectivity index (χ1) is 26.6. The van der Waals surface area contributed by atoms with Crippen molar-refractivity contribution in [3.63, 3.8) is 0 Å². The van der Waals surface area contributed by atoms with E-state index in [1.54, 1.807) is 24.3 Å². The lowest BCUT2D eigenvalue weighted by Crippen LogP contribution is -2.34. The highest BCUT2D eigenvalue weighted by atomic mass is 32.2. The van der Waals surface area contributed by atoms with Crippen LogP contribution >= 0.6 is 12.0 Å². The Morgan fingerprint density at radius 3 is 2.35 bits per heavy atom. The summed E-state index contributed by atoms with van der Waals surface area (Å²) in [5, 5.41) is 33.8. The minimum atomic E-state index is -1.55. The first kappa shape index (κ1) is 37.2. The average molecular weight is 767 g/mol. The zero-order valence-electron chi connectivity index (χ0n) is 29.1. The molecule has 55 heavy (non-hydrogen) atoms. The molecule has 1 aliphatic heterocycles. The SMILES string of the molecule is COc1ccc(-c2c(COSC(c3ccccc3)c3ccccc3)cc([N+](=O)[O-])cc2C(=O)OC[C@H]2O[C@@H](n3cnc4c(=O)[nH]c(N)nc43)[C@H](O)[C@@H]2O)cc1. The van der Waals surface area contributed by atoms with Gasteiger partial charge in [0.05, 0.1) is 35.8 Å². The van der Waals surface area contributed by atoms with Crippen LogP contribution in [0.5, 0.6) is 5.75 Å². The van der Waals surface area contributed by atoms with Crippen molar-refractivity contribution in [2.45, 2.75) is 36.4 Å². The third kappa shape index (κ3) is 7.78. The molecule has 16 nitrogen and oxygen atoms in total. The Morgan fingerprint density at radius 2 is 1.71 bits per heavy atom. The standard InChI is InChI=1S/C38H34N6O10S/c1-51-26-14-12-21(13-15-26)29-24(18-53-55-33(22-8-4-2-5-9-22)23-10-6-3-7-11-23)16-25(44(49)50)17-27(29)37(48)52-19-28-31(45)32(46)36(54-28)43-20-40-30-34(43)41-38(39)42-35(30)47/h2-17,20,28,31-33,36,45-46H,18-19H2,1H3,(H3,39,41,42,47)/t28-,31-,32-,36-/m1/s1. The number of anilines is 1. The van der Waals surface area contributed by atoms with Crippen LogP contribution in [0, 0.1) is 10.1 Å². The summed E-state index contributed by atoms with van der Waals surface area (Å²) in [6.07, 6.45) is -4.43. The second-order valence-corrected chi connectivity index (χ2v) is 13.4. The number of methoxy groups -OCH3 is 1. The number of benzene rings is 4. The van der Waals surface area contributed by atoms with E-state index in [0.29, 0.717) is 22.4 Å². The first-order valence-electron chi connectivity index (χ1n) is 16.9. The Kier molecular flexibility index (Phi) is 10.9. The zero-order chi connectivity index (χ0) is 38.6. The Hall–Kier alpha value is -6.11. The maximum absolute atomic E-state index is 14.0. The van der Waals surface area contributed by atoms with E-state index in [-0.39, 0.29) is 40.2 Å². The van der Waals surface area contributed by atoms with Gasteiger partial charge < -0.3 is 34.3 Å². The fourth-order valence-electron chi connectivity index (χ4n) is 6.35. The average Bonchev–Trinajstić information content (AvgIpc) is 3.75. The van der Waals surface area contributed by atoms with E-state index < -0.39 is 47.6 Å². The number of nitrogens with zero attached hydrogens (tertiary/aromatic N) is 4. The minimum Gasteiger partial charge on any atom is -0.497 e. The number of H-pyrrole nitrogens is 1. The minimum absolute atomic E-state index is 0.00245. The fourth-order valence-corrected chi connectivity index (χ4v) is 7.22. The van der Waals surface area contributed by atoms with Crippen molar-refractivity contribution in [2.75, 3.05) is 19.5 Å². The summed E-state index contributed by atoms with van der Waals surface area (Å²) in [7, 11) is 1.51. The number of ether oxygens (including phenoxy) is 3. The first-order valence-corrected chi connectivity index (χ1v) is 17.7. The molecule has 4 aromatic carbocycles. The van der Waals surface area contributed by atoms with Gasteiger partial charge in [0.1, 0.15) is 30.7 Å². The quantitative estimate of drug-likeness (QED) is 0.0540. The van der Waals surface area contributed by atoms with E-state index in [2.05, 4.69) is 15.0 Å². The molecule has 0 amide bonds. The predicted molar refractivity (Wildman–Crippen MR) is 201 cm³/mol. The summed E-state index contributed by atoms with van der Waals surface area (Å²) in [6, 6.07) is 28.7. The number of imidazole rings is 1. The Balaban J connectivity index is 1.17. The number of nitrogens with one attached hydrogen (secondary N) is 1. The van der Waals surface area contributed by atoms with Crippen LogP contribution in [0.15, 0.2) is 108 Å². The normalized spacial score (nSPS) is 18.1. The maximum atomic E-state index is 14.0. The van der Waals surface area contributed by atoms with E-state index >= 15 is 0 Å². The number of nitro groups is 1. The molecule has 1 fully saturated rings. The van der Waals surface area contributed by atoms with E-state index in [4.69, 9.17) is 24.1 Å². The smallest absolute Gasteiger partial charge is 0.339 e. The van der Waals surface area contributed by atoms with Gasteiger partial charge in [0, 0.05) is 29.7 Å². The number of fused-ring (bicyclic) bond motifs is 1. The van der Waals surface area contributed by atoms with Gasteiger partial charge in [-0.3, -0.25) is 24.5 Å². The van der Waals surface area contributed by atoms with Gasteiger partial charge in [-0.15, -0.1) is 0 Å². The van der Waals surface area contributed by atoms with Crippen LogP contribution in [0.25, 0.3) is 22.3 Å². The largest absolute Gasteiger partial charge is 0.497 e. The molecule has 3 heterocycles. The van der Waals surface area contributed by atoms with Crippen LogP contribution in [0.3, 0.4) is 0 Å².